The Balaban J connectivity index is 2.19. The third-order valence-corrected chi connectivity index (χ3v) is 5.77. The lowest BCUT2D eigenvalue weighted by Gasteiger charge is -2.36. The van der Waals surface area contributed by atoms with Crippen molar-refractivity contribution in [2.24, 2.45) is 5.92 Å². The zero-order valence-corrected chi connectivity index (χ0v) is 16.1. The number of carbonyl (C=O) groups is 1. The molecule has 0 bridgehead atoms. The second-order valence-electron chi connectivity index (χ2n) is 6.31. The molecule has 1 saturated carbocycles. The first-order valence-electron chi connectivity index (χ1n) is 7.85. The van der Waals surface area contributed by atoms with Gasteiger partial charge in [0.15, 0.2) is 0 Å². The Labute approximate surface area is 145 Å². The molecule has 22 heavy (non-hydrogen) atoms. The van der Waals surface area contributed by atoms with Crippen LogP contribution < -0.4 is 10.4 Å². The van der Waals surface area contributed by atoms with Gasteiger partial charge in [-0.05, 0) is 67.4 Å². The number of esters is 1. The minimum Gasteiger partial charge on any atom is -0.465 e. The molecule has 0 radical (unpaired) electrons. The van der Waals surface area contributed by atoms with E-state index < -0.39 is 0 Å². The molecule has 0 spiro atoms. The number of thiophene rings is 1. The highest BCUT2D eigenvalue weighted by atomic mass is 79.9. The lowest BCUT2D eigenvalue weighted by molar-refractivity contribution is 0.0606. The average Bonchev–Trinajstić information content (AvgIpc) is 2.87. The van der Waals surface area contributed by atoms with Gasteiger partial charge in [0, 0.05) is 12.1 Å². The number of anilines is 1. The first kappa shape index (κ1) is 17.8. The number of ether oxygens (including phenoxy) is 1. The van der Waals surface area contributed by atoms with Crippen molar-refractivity contribution in [3.8, 4) is 0 Å². The SMILES string of the molecule is COC(=O)c1sc(Br)cc1N(NC1CCC(C)CC1)C(C)C. The molecule has 0 amide bonds. The highest BCUT2D eigenvalue weighted by Gasteiger charge is 2.26. The molecule has 2 rings (SSSR count). The quantitative estimate of drug-likeness (QED) is 0.591. The number of halogens is 1. The highest BCUT2D eigenvalue weighted by molar-refractivity contribution is 9.11. The number of carbonyl (C=O) groups excluding carboxylic acids is 1. The molecule has 0 aromatic carbocycles. The van der Waals surface area contributed by atoms with Gasteiger partial charge in [-0.2, -0.15) is 0 Å². The number of nitrogens with zero attached hydrogens (tertiary/aromatic N) is 1. The summed E-state index contributed by atoms with van der Waals surface area (Å²) in [5.74, 6) is 0.543. The Bertz CT molecular complexity index is 510. The maximum Gasteiger partial charge on any atom is 0.350 e. The van der Waals surface area contributed by atoms with Crippen LogP contribution >= 0.6 is 27.3 Å². The van der Waals surface area contributed by atoms with Crippen LogP contribution in [0, 0.1) is 5.92 Å². The van der Waals surface area contributed by atoms with Crippen LogP contribution in [0.2, 0.25) is 0 Å². The Morgan fingerprint density at radius 2 is 2.05 bits per heavy atom. The van der Waals surface area contributed by atoms with Gasteiger partial charge in [0.25, 0.3) is 0 Å². The van der Waals surface area contributed by atoms with E-state index in [1.54, 1.807) is 0 Å². The fourth-order valence-corrected chi connectivity index (χ4v) is 4.35. The number of hydrogen-bond donors (Lipinski definition) is 1. The molecule has 1 aromatic rings. The molecular weight excluding hydrogens is 364 g/mol. The first-order valence-corrected chi connectivity index (χ1v) is 9.46. The van der Waals surface area contributed by atoms with Crippen molar-refractivity contribution in [3.05, 3.63) is 14.7 Å². The summed E-state index contributed by atoms with van der Waals surface area (Å²) in [4.78, 5) is 12.7. The van der Waals surface area contributed by atoms with E-state index in [2.05, 4.69) is 47.1 Å². The summed E-state index contributed by atoms with van der Waals surface area (Å²) < 4.78 is 5.86. The van der Waals surface area contributed by atoms with Crippen LogP contribution in [0.1, 0.15) is 56.1 Å². The third kappa shape index (κ3) is 4.24. The van der Waals surface area contributed by atoms with E-state index in [-0.39, 0.29) is 12.0 Å². The molecule has 0 atom stereocenters. The Morgan fingerprint density at radius 1 is 1.41 bits per heavy atom. The van der Waals surface area contributed by atoms with Crippen molar-refractivity contribution in [1.82, 2.24) is 5.43 Å². The number of hydrazine groups is 1. The van der Waals surface area contributed by atoms with E-state index in [1.165, 1.54) is 44.1 Å². The predicted molar refractivity (Wildman–Crippen MR) is 95.5 cm³/mol. The monoisotopic (exact) mass is 388 g/mol. The molecular formula is C16H25BrN2O2S. The van der Waals surface area contributed by atoms with Crippen LogP contribution in [0.4, 0.5) is 5.69 Å². The Kier molecular flexibility index (Phi) is 6.29. The molecule has 1 aromatic heterocycles. The van der Waals surface area contributed by atoms with E-state index in [0.717, 1.165) is 15.4 Å². The minimum atomic E-state index is -0.282. The second kappa shape index (κ2) is 7.79. The summed E-state index contributed by atoms with van der Waals surface area (Å²) in [5, 5.41) is 2.12. The van der Waals surface area contributed by atoms with Crippen molar-refractivity contribution >= 4 is 38.9 Å². The number of methoxy groups -OCH3 is 1. The van der Waals surface area contributed by atoms with Gasteiger partial charge in [0.2, 0.25) is 0 Å². The summed E-state index contributed by atoms with van der Waals surface area (Å²) >= 11 is 4.90. The van der Waals surface area contributed by atoms with Crippen molar-refractivity contribution in [3.63, 3.8) is 0 Å². The van der Waals surface area contributed by atoms with Crippen LogP contribution in [0.5, 0.6) is 0 Å². The predicted octanol–water partition coefficient (Wildman–Crippen LogP) is 4.60. The van der Waals surface area contributed by atoms with Crippen LogP contribution in [-0.4, -0.2) is 25.2 Å². The molecule has 1 fully saturated rings. The van der Waals surface area contributed by atoms with Crippen molar-refractivity contribution in [2.75, 3.05) is 12.1 Å². The lowest BCUT2D eigenvalue weighted by atomic mass is 9.88. The molecule has 1 heterocycles. The molecule has 1 aliphatic carbocycles. The standard InChI is InChI=1S/C16H25BrN2O2S/c1-10(2)19(18-12-7-5-11(3)6-8-12)13-9-14(17)22-15(13)16(20)21-4/h9-12,18H,5-8H2,1-4H3. The summed E-state index contributed by atoms with van der Waals surface area (Å²) in [6.45, 7) is 6.58. The lowest BCUT2D eigenvalue weighted by Crippen LogP contribution is -2.50. The fraction of sp³-hybridized carbons (Fsp3) is 0.688. The number of hydrogen-bond acceptors (Lipinski definition) is 5. The van der Waals surface area contributed by atoms with Gasteiger partial charge in [-0.25, -0.2) is 10.2 Å². The highest BCUT2D eigenvalue weighted by Crippen LogP contribution is 2.35. The zero-order valence-electron chi connectivity index (χ0n) is 13.7. The van der Waals surface area contributed by atoms with Crippen molar-refractivity contribution in [2.45, 2.75) is 58.5 Å². The van der Waals surface area contributed by atoms with E-state index in [0.29, 0.717) is 10.9 Å². The summed E-state index contributed by atoms with van der Waals surface area (Å²) in [5.41, 5.74) is 4.54. The van der Waals surface area contributed by atoms with E-state index in [4.69, 9.17) is 4.74 Å². The number of nitrogens with one attached hydrogen (secondary N) is 1. The smallest absolute Gasteiger partial charge is 0.350 e. The maximum atomic E-state index is 12.0. The fourth-order valence-electron chi connectivity index (χ4n) is 2.85. The Morgan fingerprint density at radius 3 is 2.59 bits per heavy atom. The third-order valence-electron chi connectivity index (χ3n) is 4.17. The van der Waals surface area contributed by atoms with Gasteiger partial charge in [0.05, 0.1) is 16.6 Å². The molecule has 124 valence electrons. The summed E-state index contributed by atoms with van der Waals surface area (Å²) in [6, 6.07) is 2.72. The van der Waals surface area contributed by atoms with E-state index in [9.17, 15) is 4.79 Å². The van der Waals surface area contributed by atoms with Crippen LogP contribution in [-0.2, 0) is 4.74 Å². The van der Waals surface area contributed by atoms with Gasteiger partial charge in [-0.15, -0.1) is 11.3 Å². The van der Waals surface area contributed by atoms with Crippen LogP contribution in [0.3, 0.4) is 0 Å². The maximum absolute atomic E-state index is 12.0. The van der Waals surface area contributed by atoms with Crippen LogP contribution in [0.25, 0.3) is 0 Å². The van der Waals surface area contributed by atoms with Gasteiger partial charge in [0.1, 0.15) is 4.88 Å². The first-order chi connectivity index (χ1) is 10.4. The Hall–Kier alpha value is -0.590. The molecule has 1 N–H and O–H groups in total. The molecule has 6 heteroatoms. The van der Waals surface area contributed by atoms with Gasteiger partial charge in [-0.3, -0.25) is 0 Å². The average molecular weight is 389 g/mol. The van der Waals surface area contributed by atoms with Crippen molar-refractivity contribution < 1.29 is 9.53 Å². The van der Waals surface area contributed by atoms with Crippen LogP contribution in [0.15, 0.2) is 9.85 Å². The van der Waals surface area contributed by atoms with Gasteiger partial charge >= 0.3 is 5.97 Å². The molecule has 0 aliphatic heterocycles. The van der Waals surface area contributed by atoms with Crippen molar-refractivity contribution in [1.29, 1.82) is 0 Å². The van der Waals surface area contributed by atoms with Gasteiger partial charge < -0.3 is 9.75 Å². The largest absolute Gasteiger partial charge is 0.465 e. The van der Waals surface area contributed by atoms with E-state index in [1.807, 2.05) is 6.07 Å². The second-order valence-corrected chi connectivity index (χ2v) is 8.74. The molecule has 4 nitrogen and oxygen atoms in total. The molecule has 0 saturated heterocycles. The summed E-state index contributed by atoms with van der Waals surface area (Å²) in [7, 11) is 1.43. The molecule has 0 unspecified atom stereocenters. The normalized spacial score (nSPS) is 21.9. The van der Waals surface area contributed by atoms with Gasteiger partial charge in [-0.1, -0.05) is 6.92 Å². The molecule has 1 aliphatic rings. The summed E-state index contributed by atoms with van der Waals surface area (Å²) in [6.07, 6.45) is 4.90. The minimum absolute atomic E-state index is 0.254. The number of rotatable bonds is 5. The van der Waals surface area contributed by atoms with E-state index >= 15 is 0 Å². The zero-order chi connectivity index (χ0) is 16.3. The topological polar surface area (TPSA) is 41.6 Å².